The highest BCUT2D eigenvalue weighted by atomic mass is 32.2. The van der Waals surface area contributed by atoms with Crippen LogP contribution < -0.4 is 0 Å². The van der Waals surface area contributed by atoms with Gasteiger partial charge in [0, 0.05) is 18.7 Å². The number of aliphatic hydroxyl groups is 1. The summed E-state index contributed by atoms with van der Waals surface area (Å²) in [4.78, 5) is 0. The molecule has 1 aromatic heterocycles. The number of rotatable bonds is 3. The molecule has 0 bridgehead atoms. The van der Waals surface area contributed by atoms with Crippen molar-refractivity contribution in [1.29, 1.82) is 0 Å². The summed E-state index contributed by atoms with van der Waals surface area (Å²) < 4.78 is 63.1. The Hall–Kier alpha value is -1.13. The van der Waals surface area contributed by atoms with Crippen LogP contribution in [0.25, 0.3) is 0 Å². The van der Waals surface area contributed by atoms with Crippen molar-refractivity contribution in [2.24, 2.45) is 5.92 Å². The van der Waals surface area contributed by atoms with Crippen molar-refractivity contribution in [3.8, 4) is 0 Å². The lowest BCUT2D eigenvalue weighted by molar-refractivity contribution is -0.182. The van der Waals surface area contributed by atoms with Crippen LogP contribution in [0.1, 0.15) is 18.4 Å². The van der Waals surface area contributed by atoms with Gasteiger partial charge in [0.05, 0.1) is 18.7 Å². The normalized spacial score (nSPS) is 19.4. The highest BCUT2D eigenvalue weighted by Crippen LogP contribution is 2.35. The largest absolute Gasteiger partial charge is 0.392 e. The molecule has 1 saturated heterocycles. The number of alkyl halides is 3. The molecule has 2 heterocycles. The second kappa shape index (κ2) is 5.34. The van der Waals surface area contributed by atoms with Gasteiger partial charge in [0.2, 0.25) is 0 Å². The summed E-state index contributed by atoms with van der Waals surface area (Å²) >= 11 is 0. The van der Waals surface area contributed by atoms with Gasteiger partial charge in [-0.1, -0.05) is 0 Å². The Kier molecular flexibility index (Phi) is 4.07. The van der Waals surface area contributed by atoms with Crippen LogP contribution in [0.5, 0.6) is 0 Å². The third-order valence-electron chi connectivity index (χ3n) is 3.36. The van der Waals surface area contributed by atoms with Crippen LogP contribution in [0.2, 0.25) is 0 Å². The summed E-state index contributed by atoms with van der Waals surface area (Å²) in [5, 5.41) is 14.6. The van der Waals surface area contributed by atoms with E-state index >= 15 is 0 Å². The van der Waals surface area contributed by atoms with Gasteiger partial charge in [-0.15, -0.1) is 0 Å². The number of aromatic nitrogens is 2. The van der Waals surface area contributed by atoms with E-state index in [0.717, 1.165) is 4.31 Å². The molecule has 10 heteroatoms. The minimum absolute atomic E-state index is 0.0999. The maximum Gasteiger partial charge on any atom is 0.391 e. The molecule has 1 aliphatic rings. The minimum atomic E-state index is -4.29. The third kappa shape index (κ3) is 2.81. The topological polar surface area (TPSA) is 86.3 Å². The van der Waals surface area contributed by atoms with Crippen molar-refractivity contribution >= 4 is 10.0 Å². The summed E-state index contributed by atoms with van der Waals surface area (Å²) in [6.45, 7) is -0.906. The molecule has 0 unspecified atom stereocenters. The molecule has 114 valence electrons. The molecule has 1 aliphatic heterocycles. The van der Waals surface area contributed by atoms with E-state index in [1.165, 1.54) is 6.20 Å². The van der Waals surface area contributed by atoms with E-state index in [-0.39, 0.29) is 36.5 Å². The Balaban J connectivity index is 2.14. The van der Waals surface area contributed by atoms with Crippen LogP contribution in [-0.2, 0) is 16.6 Å². The van der Waals surface area contributed by atoms with Crippen LogP contribution in [-0.4, -0.2) is 47.3 Å². The Morgan fingerprint density at radius 2 is 2.00 bits per heavy atom. The average molecular weight is 313 g/mol. The SMILES string of the molecule is O=S(=O)(c1[nH]ncc1CO)N1CCC(C(F)(F)F)CC1. The number of aromatic amines is 1. The molecule has 0 aromatic carbocycles. The van der Waals surface area contributed by atoms with Crippen LogP contribution in [0.3, 0.4) is 0 Å². The lowest BCUT2D eigenvalue weighted by Gasteiger charge is -2.31. The molecule has 0 atom stereocenters. The fourth-order valence-electron chi connectivity index (χ4n) is 2.19. The monoisotopic (exact) mass is 313 g/mol. The Morgan fingerprint density at radius 3 is 2.50 bits per heavy atom. The first-order valence-corrected chi connectivity index (χ1v) is 7.40. The summed E-state index contributed by atoms with van der Waals surface area (Å²) in [6.07, 6.45) is -3.63. The number of hydrogen-bond donors (Lipinski definition) is 2. The number of aliphatic hydroxyl groups excluding tert-OH is 1. The Labute approximate surface area is 113 Å². The highest BCUT2D eigenvalue weighted by molar-refractivity contribution is 7.89. The predicted octanol–water partition coefficient (Wildman–Crippen LogP) is 0.865. The van der Waals surface area contributed by atoms with Gasteiger partial charge in [0.15, 0.2) is 5.03 Å². The van der Waals surface area contributed by atoms with Crippen molar-refractivity contribution in [2.75, 3.05) is 13.1 Å². The van der Waals surface area contributed by atoms with E-state index in [2.05, 4.69) is 10.2 Å². The van der Waals surface area contributed by atoms with Crippen LogP contribution in [0.15, 0.2) is 11.2 Å². The molecular weight excluding hydrogens is 299 g/mol. The zero-order chi connectivity index (χ0) is 15.0. The smallest absolute Gasteiger partial charge is 0.391 e. The molecule has 1 aromatic rings. The maximum atomic E-state index is 12.5. The van der Waals surface area contributed by atoms with Gasteiger partial charge in [-0.2, -0.15) is 22.6 Å². The van der Waals surface area contributed by atoms with E-state index in [1.807, 2.05) is 0 Å². The molecule has 0 aliphatic carbocycles. The average Bonchev–Trinajstić information content (AvgIpc) is 2.87. The van der Waals surface area contributed by atoms with Crippen molar-refractivity contribution < 1.29 is 26.7 Å². The first-order chi connectivity index (χ1) is 9.26. The fraction of sp³-hybridized carbons (Fsp3) is 0.700. The lowest BCUT2D eigenvalue weighted by atomic mass is 9.98. The van der Waals surface area contributed by atoms with Gasteiger partial charge < -0.3 is 5.11 Å². The lowest BCUT2D eigenvalue weighted by Crippen LogP contribution is -2.42. The quantitative estimate of drug-likeness (QED) is 0.867. The third-order valence-corrected chi connectivity index (χ3v) is 5.28. The van der Waals surface area contributed by atoms with Gasteiger partial charge in [-0.3, -0.25) is 5.10 Å². The van der Waals surface area contributed by atoms with E-state index < -0.39 is 28.7 Å². The van der Waals surface area contributed by atoms with Gasteiger partial charge in [-0.05, 0) is 12.8 Å². The van der Waals surface area contributed by atoms with E-state index in [9.17, 15) is 21.6 Å². The molecule has 20 heavy (non-hydrogen) atoms. The molecule has 0 amide bonds. The first-order valence-electron chi connectivity index (χ1n) is 5.96. The summed E-state index contributed by atoms with van der Waals surface area (Å²) in [6, 6.07) is 0. The summed E-state index contributed by atoms with van der Waals surface area (Å²) in [7, 11) is -3.94. The van der Waals surface area contributed by atoms with Crippen molar-refractivity contribution in [3.63, 3.8) is 0 Å². The van der Waals surface area contributed by atoms with E-state index in [0.29, 0.717) is 0 Å². The number of nitrogens with zero attached hydrogens (tertiary/aromatic N) is 2. The minimum Gasteiger partial charge on any atom is -0.392 e. The number of halogens is 3. The molecular formula is C10H14F3N3O3S. The van der Waals surface area contributed by atoms with E-state index in [4.69, 9.17) is 5.11 Å². The number of H-pyrrole nitrogens is 1. The highest BCUT2D eigenvalue weighted by Gasteiger charge is 2.43. The second-order valence-corrected chi connectivity index (χ2v) is 6.48. The van der Waals surface area contributed by atoms with Crippen molar-refractivity contribution in [2.45, 2.75) is 30.7 Å². The molecule has 2 N–H and O–H groups in total. The zero-order valence-electron chi connectivity index (χ0n) is 10.4. The van der Waals surface area contributed by atoms with Crippen molar-refractivity contribution in [1.82, 2.24) is 14.5 Å². The molecule has 0 saturated carbocycles. The number of hydrogen-bond acceptors (Lipinski definition) is 4. The van der Waals surface area contributed by atoms with Gasteiger partial charge in [0.25, 0.3) is 10.0 Å². The molecule has 2 rings (SSSR count). The van der Waals surface area contributed by atoms with Gasteiger partial charge in [-0.25, -0.2) is 8.42 Å². The summed E-state index contributed by atoms with van der Waals surface area (Å²) in [5.41, 5.74) is 0.0999. The number of sulfonamides is 1. The standard InChI is InChI=1S/C10H14F3N3O3S/c11-10(12,13)8-1-3-16(4-2-8)20(18,19)9-7(6-17)5-14-15-9/h5,8,17H,1-4,6H2,(H,14,15). The maximum absolute atomic E-state index is 12.5. The van der Waals surface area contributed by atoms with Crippen LogP contribution >= 0.6 is 0 Å². The van der Waals surface area contributed by atoms with Gasteiger partial charge in [0.1, 0.15) is 0 Å². The molecule has 1 fully saturated rings. The number of nitrogens with one attached hydrogen (secondary N) is 1. The predicted molar refractivity (Wildman–Crippen MR) is 62.0 cm³/mol. The second-order valence-electron chi connectivity index (χ2n) is 4.60. The Bertz CT molecular complexity index is 562. The van der Waals surface area contributed by atoms with Crippen LogP contribution in [0, 0.1) is 5.92 Å². The first kappa shape index (κ1) is 15.3. The summed E-state index contributed by atoms with van der Waals surface area (Å²) in [5.74, 6) is -1.46. The number of piperidine rings is 1. The molecule has 6 nitrogen and oxygen atoms in total. The van der Waals surface area contributed by atoms with E-state index in [1.54, 1.807) is 0 Å². The Morgan fingerprint density at radius 1 is 1.40 bits per heavy atom. The fourth-order valence-corrected chi connectivity index (χ4v) is 3.75. The van der Waals surface area contributed by atoms with Crippen LogP contribution in [0.4, 0.5) is 13.2 Å². The van der Waals surface area contributed by atoms with Gasteiger partial charge >= 0.3 is 6.18 Å². The molecule has 0 spiro atoms. The van der Waals surface area contributed by atoms with Crippen molar-refractivity contribution in [3.05, 3.63) is 11.8 Å². The zero-order valence-corrected chi connectivity index (χ0v) is 11.2. The molecule has 0 radical (unpaired) electrons.